The van der Waals surface area contributed by atoms with E-state index in [4.69, 9.17) is 14.2 Å². The molecule has 0 unspecified atom stereocenters. The number of rotatable bonds is 6. The Bertz CT molecular complexity index is 1320. The van der Waals surface area contributed by atoms with E-state index in [0.29, 0.717) is 40.1 Å². The average molecular weight is 602 g/mol. The maximum absolute atomic E-state index is 12.5. The Morgan fingerprint density at radius 2 is 1.82 bits per heavy atom. The van der Waals surface area contributed by atoms with Gasteiger partial charge in [-0.15, -0.1) is 0 Å². The summed E-state index contributed by atoms with van der Waals surface area (Å²) in [6.07, 6.45) is 17.7. The number of ether oxygens (including phenoxy) is 3. The minimum Gasteiger partial charge on any atom is -0.492 e. The lowest BCUT2D eigenvalue weighted by Crippen LogP contribution is -2.57. The van der Waals surface area contributed by atoms with Gasteiger partial charge in [0.15, 0.2) is 11.5 Å². The summed E-state index contributed by atoms with van der Waals surface area (Å²) >= 11 is 0. The van der Waals surface area contributed by atoms with Gasteiger partial charge in [-0.25, -0.2) is 4.79 Å². The molecule has 1 N–H and O–H groups in total. The molecule has 4 heterocycles. The van der Waals surface area contributed by atoms with Gasteiger partial charge in [-0.1, -0.05) is 62.9 Å². The first-order chi connectivity index (χ1) is 21.4. The smallest absolute Gasteiger partial charge is 0.343 e. The quantitative estimate of drug-likeness (QED) is 0.342. The van der Waals surface area contributed by atoms with Crippen LogP contribution in [-0.4, -0.2) is 47.8 Å². The van der Waals surface area contributed by atoms with Crippen LogP contribution >= 0.6 is 0 Å². The van der Waals surface area contributed by atoms with E-state index < -0.39 is 0 Å². The molecule has 6 heteroatoms. The minimum absolute atomic E-state index is 0.0269. The molecule has 4 fully saturated rings. The van der Waals surface area contributed by atoms with Gasteiger partial charge in [0.1, 0.15) is 5.76 Å². The van der Waals surface area contributed by atoms with Gasteiger partial charge in [0.2, 0.25) is 5.76 Å². The number of aliphatic hydroxyl groups is 1. The zero-order valence-corrected chi connectivity index (χ0v) is 26.9. The van der Waals surface area contributed by atoms with Crippen LogP contribution in [0, 0.1) is 29.1 Å². The highest BCUT2D eigenvalue weighted by molar-refractivity contribution is 5.93. The molecular weight excluding hydrogens is 550 g/mol. The second-order valence-corrected chi connectivity index (χ2v) is 14.8. The number of hydrogen-bond acceptors (Lipinski definition) is 6. The van der Waals surface area contributed by atoms with Crippen molar-refractivity contribution in [1.29, 1.82) is 0 Å². The number of hydrogen-bond donors (Lipinski definition) is 1. The van der Waals surface area contributed by atoms with E-state index in [1.807, 2.05) is 0 Å². The van der Waals surface area contributed by atoms with Crippen LogP contribution in [0.15, 0.2) is 65.0 Å². The van der Waals surface area contributed by atoms with Gasteiger partial charge in [-0.05, 0) is 93.6 Å². The summed E-state index contributed by atoms with van der Waals surface area (Å²) < 4.78 is 18.0. The lowest BCUT2D eigenvalue weighted by molar-refractivity contribution is -0.133. The van der Waals surface area contributed by atoms with Gasteiger partial charge in [-0.2, -0.15) is 0 Å². The second kappa shape index (κ2) is 12.3. The third kappa shape index (κ3) is 5.34. The molecule has 0 amide bonds. The molecule has 7 rings (SSSR count). The minimum atomic E-state index is -0.366. The Kier molecular flexibility index (Phi) is 8.43. The molecule has 4 aliphatic heterocycles. The Morgan fingerprint density at radius 1 is 1.07 bits per heavy atom. The fraction of sp³-hybridized carbons (Fsp3) is 0.658. The van der Waals surface area contributed by atoms with Gasteiger partial charge in [-0.3, -0.25) is 4.90 Å². The lowest BCUT2D eigenvalue weighted by Gasteiger charge is -2.50. The number of allylic oxidation sites excluding steroid dienone is 1. The first-order valence-corrected chi connectivity index (χ1v) is 17.5. The number of carbonyl (C=O) groups is 1. The van der Waals surface area contributed by atoms with Crippen LogP contribution in [0.1, 0.15) is 96.5 Å². The fourth-order valence-corrected chi connectivity index (χ4v) is 10.3. The summed E-state index contributed by atoms with van der Waals surface area (Å²) in [6, 6.07) is 11.3. The van der Waals surface area contributed by atoms with E-state index in [9.17, 15) is 9.90 Å². The highest BCUT2D eigenvalue weighted by Gasteiger charge is 2.52. The number of aliphatic hydroxyl groups excluding tert-OH is 1. The van der Waals surface area contributed by atoms with Crippen molar-refractivity contribution >= 4 is 5.97 Å². The molecule has 1 spiro atoms. The summed E-state index contributed by atoms with van der Waals surface area (Å²) in [6.45, 7) is 4.90. The zero-order chi connectivity index (χ0) is 30.4. The monoisotopic (exact) mass is 601 g/mol. The Labute approximate surface area is 263 Å². The fourth-order valence-electron chi connectivity index (χ4n) is 10.3. The van der Waals surface area contributed by atoms with E-state index in [-0.39, 0.29) is 36.0 Å². The molecule has 7 atom stereocenters. The van der Waals surface area contributed by atoms with E-state index in [2.05, 4.69) is 48.2 Å². The average Bonchev–Trinajstić information content (AvgIpc) is 3.66. The molecule has 2 saturated carbocycles. The molecule has 44 heavy (non-hydrogen) atoms. The molecular formula is C38H51NO5. The number of carbonyl (C=O) groups excluding carboxylic acids is 1. The van der Waals surface area contributed by atoms with Crippen LogP contribution in [0.4, 0.5) is 0 Å². The number of benzene rings is 1. The summed E-state index contributed by atoms with van der Waals surface area (Å²) in [7, 11) is 1.59. The maximum Gasteiger partial charge on any atom is 0.343 e. The van der Waals surface area contributed by atoms with Crippen molar-refractivity contribution in [2.75, 3.05) is 13.7 Å². The summed E-state index contributed by atoms with van der Waals surface area (Å²) in [5, 5.41) is 12.3. The van der Waals surface area contributed by atoms with E-state index in [0.717, 1.165) is 44.4 Å². The number of methoxy groups -OCH3 is 1. The lowest BCUT2D eigenvalue weighted by atomic mass is 9.62. The molecule has 0 radical (unpaired) electrons. The van der Waals surface area contributed by atoms with Crippen LogP contribution in [0.3, 0.4) is 0 Å². The van der Waals surface area contributed by atoms with Gasteiger partial charge in [0, 0.05) is 30.5 Å². The summed E-state index contributed by atoms with van der Waals surface area (Å²) in [4.78, 5) is 15.2. The Hall–Kier alpha value is -2.57. The SMILES string of the molecule is COC1=C(C)C(=O)OC1=C1OC2=CCCN3[C@@H](C[C@H](Cc4ccccc4)C[C@H]3[C@@H](O)C[C@@H]3CCCCC34CCCC4)[C@H]2[C@@H]1C. The predicted octanol–water partition coefficient (Wildman–Crippen LogP) is 7.44. The predicted molar refractivity (Wildman–Crippen MR) is 170 cm³/mol. The molecule has 6 aliphatic rings. The molecule has 238 valence electrons. The molecule has 1 aromatic carbocycles. The second-order valence-electron chi connectivity index (χ2n) is 14.8. The van der Waals surface area contributed by atoms with Gasteiger partial charge in [0.05, 0.1) is 18.8 Å². The highest BCUT2D eigenvalue weighted by atomic mass is 16.6. The van der Waals surface area contributed by atoms with Crippen molar-refractivity contribution in [3.8, 4) is 0 Å². The summed E-state index contributed by atoms with van der Waals surface area (Å²) in [5.74, 6) is 3.55. The molecule has 0 aromatic heterocycles. The third-order valence-electron chi connectivity index (χ3n) is 12.4. The number of esters is 1. The number of nitrogens with zero attached hydrogens (tertiary/aromatic N) is 1. The zero-order valence-electron chi connectivity index (χ0n) is 26.9. The number of fused-ring (bicyclic) bond motifs is 3. The molecule has 0 bridgehead atoms. The summed E-state index contributed by atoms with van der Waals surface area (Å²) in [5.41, 5.74) is 2.34. The van der Waals surface area contributed by atoms with Gasteiger partial charge >= 0.3 is 5.97 Å². The van der Waals surface area contributed by atoms with Crippen molar-refractivity contribution in [2.45, 2.75) is 116 Å². The van der Waals surface area contributed by atoms with Crippen molar-refractivity contribution in [3.63, 3.8) is 0 Å². The Morgan fingerprint density at radius 3 is 2.57 bits per heavy atom. The first kappa shape index (κ1) is 30.1. The maximum atomic E-state index is 12.5. The molecule has 2 aliphatic carbocycles. The van der Waals surface area contributed by atoms with Crippen LogP contribution in [0.5, 0.6) is 0 Å². The highest BCUT2D eigenvalue weighted by Crippen LogP contribution is 2.55. The van der Waals surface area contributed by atoms with Crippen molar-refractivity contribution in [1.82, 2.24) is 4.90 Å². The van der Waals surface area contributed by atoms with Gasteiger partial charge in [0.25, 0.3) is 0 Å². The van der Waals surface area contributed by atoms with E-state index in [1.165, 1.54) is 56.9 Å². The van der Waals surface area contributed by atoms with Crippen LogP contribution in [0.25, 0.3) is 0 Å². The van der Waals surface area contributed by atoms with E-state index >= 15 is 0 Å². The first-order valence-electron chi connectivity index (χ1n) is 17.5. The molecule has 6 nitrogen and oxygen atoms in total. The number of piperidine rings is 1. The van der Waals surface area contributed by atoms with Crippen molar-refractivity contribution < 1.29 is 24.1 Å². The van der Waals surface area contributed by atoms with Crippen molar-refractivity contribution in [2.24, 2.45) is 29.1 Å². The molecule has 2 saturated heterocycles. The van der Waals surface area contributed by atoms with Crippen molar-refractivity contribution in [3.05, 3.63) is 70.6 Å². The molecule has 1 aromatic rings. The van der Waals surface area contributed by atoms with Crippen LogP contribution < -0.4 is 0 Å². The normalized spacial score (nSPS) is 35.9. The topological polar surface area (TPSA) is 68.2 Å². The largest absolute Gasteiger partial charge is 0.492 e. The van der Waals surface area contributed by atoms with E-state index in [1.54, 1.807) is 14.0 Å². The van der Waals surface area contributed by atoms with Crippen LogP contribution in [-0.2, 0) is 25.4 Å². The van der Waals surface area contributed by atoms with Gasteiger partial charge < -0.3 is 19.3 Å². The van der Waals surface area contributed by atoms with Crippen LogP contribution in [0.2, 0.25) is 0 Å². The number of cyclic esters (lactones) is 1. The standard InChI is InChI=1S/C38H51NO5/c1-24-33-30-22-27(20-26-12-5-4-6-13-26)21-29(31(40)23-28-14-7-8-16-38(28)17-9-10-18-38)39(30)19-11-15-32(33)43-35(24)36-34(42-3)25(2)37(41)44-36/h4-6,12-13,15,24,27-31,33,40H,7-11,14,16-23H2,1-3H3/t24-,27+,28-,29-,30-,31-,33+/m0/s1. The third-order valence-corrected chi connectivity index (χ3v) is 12.4. The Balaban J connectivity index is 1.20.